The monoisotopic (exact) mass is 284 g/mol. The minimum Gasteiger partial charge on any atom is -0.323 e. The maximum atomic E-state index is 13.5. The Hall–Kier alpha value is -1.56. The van der Waals surface area contributed by atoms with Crippen molar-refractivity contribution in [3.8, 4) is 0 Å². The summed E-state index contributed by atoms with van der Waals surface area (Å²) in [6.45, 7) is 1.76. The highest BCUT2D eigenvalue weighted by Gasteiger charge is 2.57. The first kappa shape index (κ1) is 13.4. The molecule has 1 saturated carbocycles. The number of nitrogens with one attached hydrogen (secondary N) is 2. The normalized spacial score (nSPS) is 23.6. The lowest BCUT2D eigenvalue weighted by atomic mass is 9.92. The van der Waals surface area contributed by atoms with Gasteiger partial charge in [-0.3, -0.25) is 4.79 Å². The van der Waals surface area contributed by atoms with Crippen molar-refractivity contribution < 1.29 is 18.0 Å². The molecule has 2 fully saturated rings. The Morgan fingerprint density at radius 2 is 1.80 bits per heavy atom. The molecule has 0 radical (unpaired) electrons. The summed E-state index contributed by atoms with van der Waals surface area (Å²) in [7, 11) is 0. The number of halogens is 3. The highest BCUT2D eigenvalue weighted by atomic mass is 19.2. The van der Waals surface area contributed by atoms with Crippen molar-refractivity contribution in [2.24, 2.45) is 11.3 Å². The maximum absolute atomic E-state index is 13.5. The van der Waals surface area contributed by atoms with Gasteiger partial charge in [-0.25, -0.2) is 13.2 Å². The zero-order chi connectivity index (χ0) is 14.3. The lowest BCUT2D eigenvalue weighted by Gasteiger charge is -2.23. The van der Waals surface area contributed by atoms with Crippen LogP contribution in [-0.2, 0) is 4.79 Å². The molecule has 108 valence electrons. The number of hydrogen-bond donors (Lipinski definition) is 2. The molecule has 1 aliphatic heterocycles. The van der Waals surface area contributed by atoms with E-state index in [9.17, 15) is 18.0 Å². The lowest BCUT2D eigenvalue weighted by Crippen LogP contribution is -2.31. The van der Waals surface area contributed by atoms with Gasteiger partial charge in [0.25, 0.3) is 0 Å². The second kappa shape index (κ2) is 4.77. The van der Waals surface area contributed by atoms with E-state index in [1.54, 1.807) is 0 Å². The van der Waals surface area contributed by atoms with Crippen molar-refractivity contribution in [3.05, 3.63) is 29.6 Å². The Balaban J connectivity index is 1.70. The van der Waals surface area contributed by atoms with E-state index in [1.165, 1.54) is 0 Å². The van der Waals surface area contributed by atoms with Crippen molar-refractivity contribution in [1.82, 2.24) is 5.32 Å². The van der Waals surface area contributed by atoms with Gasteiger partial charge in [0.1, 0.15) is 5.82 Å². The third-order valence-electron chi connectivity index (χ3n) is 4.37. The number of carbonyl (C=O) groups is 1. The van der Waals surface area contributed by atoms with Gasteiger partial charge < -0.3 is 10.6 Å². The molecule has 2 aliphatic rings. The van der Waals surface area contributed by atoms with Gasteiger partial charge in [-0.05, 0) is 37.8 Å². The Morgan fingerprint density at radius 3 is 2.50 bits per heavy atom. The summed E-state index contributed by atoms with van der Waals surface area (Å²) in [5.41, 5.74) is -0.283. The quantitative estimate of drug-likeness (QED) is 0.819. The predicted molar refractivity (Wildman–Crippen MR) is 67.6 cm³/mol. The topological polar surface area (TPSA) is 41.1 Å². The first-order valence-electron chi connectivity index (χ1n) is 6.68. The molecule has 1 spiro atoms. The molecule has 1 amide bonds. The van der Waals surface area contributed by atoms with Gasteiger partial charge in [0, 0.05) is 18.1 Å². The number of anilines is 1. The van der Waals surface area contributed by atoms with Gasteiger partial charge in [0.2, 0.25) is 5.91 Å². The summed E-state index contributed by atoms with van der Waals surface area (Å²) in [4.78, 5) is 12.1. The summed E-state index contributed by atoms with van der Waals surface area (Å²) >= 11 is 0. The smallest absolute Gasteiger partial charge is 0.228 e. The van der Waals surface area contributed by atoms with Crippen LogP contribution in [0.5, 0.6) is 0 Å². The van der Waals surface area contributed by atoms with Gasteiger partial charge >= 0.3 is 0 Å². The molecule has 1 saturated heterocycles. The first-order chi connectivity index (χ1) is 9.52. The molecule has 1 aromatic rings. The molecule has 1 aromatic carbocycles. The largest absolute Gasteiger partial charge is 0.323 e. The van der Waals surface area contributed by atoms with Gasteiger partial charge in [-0.2, -0.15) is 0 Å². The molecule has 1 heterocycles. The van der Waals surface area contributed by atoms with Gasteiger partial charge in [0.05, 0.1) is 5.69 Å². The lowest BCUT2D eigenvalue weighted by molar-refractivity contribution is -0.118. The van der Waals surface area contributed by atoms with Crippen molar-refractivity contribution in [3.63, 3.8) is 0 Å². The molecule has 3 rings (SSSR count). The predicted octanol–water partition coefficient (Wildman–Crippen LogP) is 2.43. The number of amides is 1. The van der Waals surface area contributed by atoms with Crippen LogP contribution in [-0.4, -0.2) is 19.0 Å². The molecule has 20 heavy (non-hydrogen) atoms. The molecule has 2 N–H and O–H groups in total. The summed E-state index contributed by atoms with van der Waals surface area (Å²) in [6.07, 6.45) is 2.63. The minimum absolute atomic E-state index is 0.0182. The van der Waals surface area contributed by atoms with Crippen LogP contribution in [0.1, 0.15) is 19.3 Å². The number of piperidine rings is 1. The Morgan fingerprint density at radius 1 is 1.15 bits per heavy atom. The van der Waals surface area contributed by atoms with Crippen molar-refractivity contribution in [2.45, 2.75) is 19.3 Å². The van der Waals surface area contributed by atoms with E-state index < -0.39 is 17.5 Å². The van der Waals surface area contributed by atoms with E-state index in [1.807, 2.05) is 0 Å². The zero-order valence-electron chi connectivity index (χ0n) is 10.8. The van der Waals surface area contributed by atoms with E-state index >= 15 is 0 Å². The fraction of sp³-hybridized carbons (Fsp3) is 0.500. The summed E-state index contributed by atoms with van der Waals surface area (Å²) < 4.78 is 39.4. The van der Waals surface area contributed by atoms with Crippen LogP contribution in [0.2, 0.25) is 0 Å². The van der Waals surface area contributed by atoms with Crippen LogP contribution >= 0.6 is 0 Å². The summed E-state index contributed by atoms with van der Waals surface area (Å²) in [5.74, 6) is -3.86. The van der Waals surface area contributed by atoms with Gasteiger partial charge in [-0.15, -0.1) is 0 Å². The molecule has 1 atom stereocenters. The maximum Gasteiger partial charge on any atom is 0.228 e. The second-order valence-corrected chi connectivity index (χ2v) is 5.60. The van der Waals surface area contributed by atoms with Crippen molar-refractivity contribution in [2.75, 3.05) is 18.4 Å². The van der Waals surface area contributed by atoms with E-state index in [-0.39, 0.29) is 22.9 Å². The molecule has 6 heteroatoms. The van der Waals surface area contributed by atoms with Crippen LogP contribution in [0.4, 0.5) is 18.9 Å². The molecule has 1 aliphatic carbocycles. The SMILES string of the molecule is O=C(Nc1cc(F)c(F)cc1F)C1CC12CCNCC2. The van der Waals surface area contributed by atoms with Crippen molar-refractivity contribution in [1.29, 1.82) is 0 Å². The summed E-state index contributed by atoms with van der Waals surface area (Å²) in [6, 6.07) is 1.12. The minimum atomic E-state index is -1.26. The van der Waals surface area contributed by atoms with Crippen LogP contribution < -0.4 is 10.6 Å². The third-order valence-corrected chi connectivity index (χ3v) is 4.37. The van der Waals surface area contributed by atoms with Crippen LogP contribution in [0, 0.1) is 28.8 Å². The van der Waals surface area contributed by atoms with E-state index in [2.05, 4.69) is 10.6 Å². The first-order valence-corrected chi connectivity index (χ1v) is 6.68. The van der Waals surface area contributed by atoms with E-state index in [0.717, 1.165) is 32.4 Å². The fourth-order valence-corrected chi connectivity index (χ4v) is 3.03. The molecule has 0 aromatic heterocycles. The standard InChI is InChI=1S/C14H15F3N2O/c15-9-5-11(17)12(6-10(9)16)19-13(20)8-7-14(8)1-3-18-4-2-14/h5-6,8,18H,1-4,7H2,(H,19,20). The van der Waals surface area contributed by atoms with E-state index in [0.29, 0.717) is 12.1 Å². The second-order valence-electron chi connectivity index (χ2n) is 5.60. The Labute approximate surface area is 114 Å². The highest BCUT2D eigenvalue weighted by Crippen LogP contribution is 2.58. The number of hydrogen-bond acceptors (Lipinski definition) is 2. The number of rotatable bonds is 2. The van der Waals surface area contributed by atoms with Crippen molar-refractivity contribution >= 4 is 11.6 Å². The summed E-state index contributed by atoms with van der Waals surface area (Å²) in [5, 5.41) is 5.60. The Kier molecular flexibility index (Phi) is 3.20. The van der Waals surface area contributed by atoms with Gasteiger partial charge in [-0.1, -0.05) is 0 Å². The average Bonchev–Trinajstić information content (AvgIpc) is 3.10. The molecular formula is C14H15F3N2O. The van der Waals surface area contributed by atoms with Crippen LogP contribution in [0.15, 0.2) is 12.1 Å². The number of benzene rings is 1. The van der Waals surface area contributed by atoms with Crippen LogP contribution in [0.3, 0.4) is 0 Å². The van der Waals surface area contributed by atoms with E-state index in [4.69, 9.17) is 0 Å². The van der Waals surface area contributed by atoms with Gasteiger partial charge in [0.15, 0.2) is 11.6 Å². The zero-order valence-corrected chi connectivity index (χ0v) is 10.8. The number of carbonyl (C=O) groups excluding carboxylic acids is 1. The van der Waals surface area contributed by atoms with Crippen LogP contribution in [0.25, 0.3) is 0 Å². The molecule has 1 unspecified atom stereocenters. The fourth-order valence-electron chi connectivity index (χ4n) is 3.03. The Bertz CT molecular complexity index is 556. The molecule has 0 bridgehead atoms. The molecular weight excluding hydrogens is 269 g/mol. The molecule has 3 nitrogen and oxygen atoms in total. The highest BCUT2D eigenvalue weighted by molar-refractivity contribution is 5.95. The third kappa shape index (κ3) is 2.28. The average molecular weight is 284 g/mol.